The molecule has 0 radical (unpaired) electrons. The van der Waals surface area contributed by atoms with Gasteiger partial charge in [-0.2, -0.15) is 0 Å². The number of carbonyl (C=O) groups excluding carboxylic acids is 2. The van der Waals surface area contributed by atoms with Crippen molar-refractivity contribution in [2.75, 3.05) is 6.61 Å². The molecule has 0 aliphatic heterocycles. The van der Waals surface area contributed by atoms with Gasteiger partial charge in [0.2, 0.25) is 0 Å². The molecule has 3 nitrogen and oxygen atoms in total. The number of Topliss-reactive ketones (excluding diaryl/α,β-unsaturated/α-hetero) is 1. The predicted molar refractivity (Wildman–Crippen MR) is 52.5 cm³/mol. The SMILES string of the molecule is C.CCCCOC(=O)CCC(C)=O. The number of hydrogen-bond acceptors (Lipinski definition) is 3. The highest BCUT2D eigenvalue weighted by Gasteiger charge is 2.03. The maximum absolute atomic E-state index is 10.8. The van der Waals surface area contributed by atoms with Crippen LogP contribution in [0.4, 0.5) is 0 Å². The molecular formula is C10H20O3. The van der Waals surface area contributed by atoms with Crippen molar-refractivity contribution in [1.82, 2.24) is 0 Å². The van der Waals surface area contributed by atoms with E-state index < -0.39 is 0 Å². The first-order chi connectivity index (χ1) is 5.66. The molecule has 0 amide bonds. The molecule has 0 N–H and O–H groups in total. The Morgan fingerprint density at radius 2 is 1.85 bits per heavy atom. The van der Waals surface area contributed by atoms with Gasteiger partial charge >= 0.3 is 5.97 Å². The number of esters is 1. The van der Waals surface area contributed by atoms with E-state index in [0.29, 0.717) is 13.0 Å². The van der Waals surface area contributed by atoms with Crippen molar-refractivity contribution < 1.29 is 14.3 Å². The number of carbonyl (C=O) groups is 2. The van der Waals surface area contributed by atoms with Crippen LogP contribution in [-0.4, -0.2) is 18.4 Å². The number of ether oxygens (including phenoxy) is 1. The van der Waals surface area contributed by atoms with E-state index in [9.17, 15) is 9.59 Å². The third kappa shape index (κ3) is 11.1. The zero-order valence-electron chi connectivity index (χ0n) is 7.76. The maximum Gasteiger partial charge on any atom is 0.306 e. The predicted octanol–water partition coefficient (Wildman–Crippen LogP) is 2.33. The van der Waals surface area contributed by atoms with E-state index in [1.807, 2.05) is 6.92 Å². The van der Waals surface area contributed by atoms with Gasteiger partial charge in [0.1, 0.15) is 5.78 Å². The standard InChI is InChI=1S/C9H16O3.CH4/c1-3-4-7-12-9(11)6-5-8(2)10;/h3-7H2,1-2H3;1H4. The van der Waals surface area contributed by atoms with Crippen molar-refractivity contribution in [1.29, 1.82) is 0 Å². The fourth-order valence-corrected chi connectivity index (χ4v) is 0.681. The Bertz CT molecular complexity index is 152. The van der Waals surface area contributed by atoms with E-state index in [4.69, 9.17) is 4.74 Å². The van der Waals surface area contributed by atoms with Crippen molar-refractivity contribution >= 4 is 11.8 Å². The molecule has 0 spiro atoms. The second kappa shape index (κ2) is 9.23. The summed E-state index contributed by atoms with van der Waals surface area (Å²) in [6, 6.07) is 0. The molecule has 0 unspecified atom stereocenters. The van der Waals surface area contributed by atoms with E-state index in [2.05, 4.69) is 0 Å². The van der Waals surface area contributed by atoms with Gasteiger partial charge in [-0.25, -0.2) is 0 Å². The fraction of sp³-hybridized carbons (Fsp3) is 0.800. The highest BCUT2D eigenvalue weighted by Crippen LogP contribution is 1.95. The van der Waals surface area contributed by atoms with Crippen molar-refractivity contribution in [2.45, 2.75) is 47.0 Å². The minimum absolute atomic E-state index is 0. The number of hydrogen-bond donors (Lipinski definition) is 0. The third-order valence-corrected chi connectivity index (χ3v) is 1.44. The van der Waals surface area contributed by atoms with Crippen LogP contribution in [-0.2, 0) is 14.3 Å². The smallest absolute Gasteiger partial charge is 0.306 e. The normalized spacial score (nSPS) is 8.77. The third-order valence-electron chi connectivity index (χ3n) is 1.44. The largest absolute Gasteiger partial charge is 0.466 e. The molecule has 0 aromatic rings. The lowest BCUT2D eigenvalue weighted by molar-refractivity contribution is -0.144. The Morgan fingerprint density at radius 1 is 1.23 bits per heavy atom. The molecule has 0 fully saturated rings. The molecule has 0 saturated heterocycles. The summed E-state index contributed by atoms with van der Waals surface area (Å²) in [7, 11) is 0. The lowest BCUT2D eigenvalue weighted by Gasteiger charge is -2.01. The Labute approximate surface area is 80.5 Å². The number of ketones is 1. The molecule has 78 valence electrons. The monoisotopic (exact) mass is 188 g/mol. The second-order valence-corrected chi connectivity index (χ2v) is 2.78. The van der Waals surface area contributed by atoms with E-state index in [-0.39, 0.29) is 25.6 Å². The molecule has 0 aromatic carbocycles. The molecular weight excluding hydrogens is 168 g/mol. The summed E-state index contributed by atoms with van der Waals surface area (Å²) >= 11 is 0. The van der Waals surface area contributed by atoms with Crippen LogP contribution in [0, 0.1) is 0 Å². The first-order valence-corrected chi connectivity index (χ1v) is 4.32. The Balaban J connectivity index is 0. The van der Waals surface area contributed by atoms with Gasteiger partial charge in [-0.1, -0.05) is 20.8 Å². The summed E-state index contributed by atoms with van der Waals surface area (Å²) in [5, 5.41) is 0. The van der Waals surface area contributed by atoms with Gasteiger partial charge in [0.25, 0.3) is 0 Å². The lowest BCUT2D eigenvalue weighted by Crippen LogP contribution is -2.07. The lowest BCUT2D eigenvalue weighted by atomic mass is 10.2. The average Bonchev–Trinajstić information content (AvgIpc) is 2.01. The molecule has 0 aromatic heterocycles. The van der Waals surface area contributed by atoms with E-state index in [1.54, 1.807) is 0 Å². The van der Waals surface area contributed by atoms with Crippen LogP contribution in [0.25, 0.3) is 0 Å². The quantitative estimate of drug-likeness (QED) is 0.474. The van der Waals surface area contributed by atoms with Crippen LogP contribution in [0.1, 0.15) is 47.0 Å². The van der Waals surface area contributed by atoms with Gasteiger partial charge in [-0.05, 0) is 13.3 Å². The summed E-state index contributed by atoms with van der Waals surface area (Å²) in [5.41, 5.74) is 0. The summed E-state index contributed by atoms with van der Waals surface area (Å²) in [6.45, 7) is 3.98. The van der Waals surface area contributed by atoms with Gasteiger partial charge in [0, 0.05) is 6.42 Å². The molecule has 0 aliphatic rings. The van der Waals surface area contributed by atoms with Crippen LogP contribution < -0.4 is 0 Å². The van der Waals surface area contributed by atoms with Gasteiger partial charge < -0.3 is 9.53 Å². The van der Waals surface area contributed by atoms with Gasteiger partial charge in [-0.15, -0.1) is 0 Å². The summed E-state index contributed by atoms with van der Waals surface area (Å²) in [5.74, 6) is -0.235. The molecule has 0 bridgehead atoms. The number of rotatable bonds is 6. The topological polar surface area (TPSA) is 43.4 Å². The Kier molecular flexibility index (Phi) is 10.4. The molecule has 3 heteroatoms. The molecule has 0 atom stereocenters. The summed E-state index contributed by atoms with van der Waals surface area (Å²) < 4.78 is 4.84. The van der Waals surface area contributed by atoms with E-state index in [0.717, 1.165) is 12.8 Å². The molecule has 0 saturated carbocycles. The first kappa shape index (κ1) is 14.7. The highest BCUT2D eigenvalue weighted by molar-refractivity contribution is 5.80. The summed E-state index contributed by atoms with van der Waals surface area (Å²) in [6.07, 6.45) is 2.43. The highest BCUT2D eigenvalue weighted by atomic mass is 16.5. The average molecular weight is 188 g/mol. The zero-order chi connectivity index (χ0) is 9.40. The number of unbranched alkanes of at least 4 members (excludes halogenated alkanes) is 1. The Hall–Kier alpha value is -0.860. The van der Waals surface area contributed by atoms with E-state index >= 15 is 0 Å². The van der Waals surface area contributed by atoms with Crippen molar-refractivity contribution in [3.05, 3.63) is 0 Å². The first-order valence-electron chi connectivity index (χ1n) is 4.32. The van der Waals surface area contributed by atoms with Crippen molar-refractivity contribution in [3.63, 3.8) is 0 Å². The van der Waals surface area contributed by atoms with Crippen LogP contribution in [0.3, 0.4) is 0 Å². The Morgan fingerprint density at radius 3 is 2.31 bits per heavy atom. The summed E-state index contributed by atoms with van der Waals surface area (Å²) in [4.78, 5) is 21.3. The van der Waals surface area contributed by atoms with Gasteiger partial charge in [0.15, 0.2) is 0 Å². The fourth-order valence-electron chi connectivity index (χ4n) is 0.681. The van der Waals surface area contributed by atoms with Gasteiger partial charge in [-0.3, -0.25) is 4.79 Å². The van der Waals surface area contributed by atoms with Crippen LogP contribution in [0.2, 0.25) is 0 Å². The molecule has 0 rings (SSSR count). The van der Waals surface area contributed by atoms with Crippen LogP contribution in [0.15, 0.2) is 0 Å². The minimum atomic E-state index is -0.265. The molecule has 0 heterocycles. The second-order valence-electron chi connectivity index (χ2n) is 2.78. The van der Waals surface area contributed by atoms with Crippen LogP contribution in [0.5, 0.6) is 0 Å². The minimum Gasteiger partial charge on any atom is -0.466 e. The van der Waals surface area contributed by atoms with Crippen molar-refractivity contribution in [3.8, 4) is 0 Å². The van der Waals surface area contributed by atoms with Crippen molar-refractivity contribution in [2.24, 2.45) is 0 Å². The maximum atomic E-state index is 10.8. The van der Waals surface area contributed by atoms with E-state index in [1.165, 1.54) is 6.92 Å². The zero-order valence-corrected chi connectivity index (χ0v) is 7.76. The van der Waals surface area contributed by atoms with Crippen LogP contribution >= 0.6 is 0 Å². The van der Waals surface area contributed by atoms with Gasteiger partial charge in [0.05, 0.1) is 13.0 Å². The molecule has 13 heavy (non-hydrogen) atoms. The molecule has 0 aliphatic carbocycles.